The molecule has 3 N–H and O–H groups in total. The minimum Gasteiger partial charge on any atom is -0.396 e. The minimum atomic E-state index is -0.177. The molecular weight excluding hydrogens is 318 g/mol. The third kappa shape index (κ3) is 3.63. The van der Waals surface area contributed by atoms with Crippen LogP contribution in [0.25, 0.3) is 11.0 Å². The molecule has 1 amide bonds. The van der Waals surface area contributed by atoms with Gasteiger partial charge in [-0.05, 0) is 43.4 Å². The highest BCUT2D eigenvalue weighted by Gasteiger charge is 2.22. The predicted molar refractivity (Wildman–Crippen MR) is 97.9 cm³/mol. The van der Waals surface area contributed by atoms with E-state index in [9.17, 15) is 9.59 Å². The average molecular weight is 345 g/mol. The van der Waals surface area contributed by atoms with Gasteiger partial charge in [-0.3, -0.25) is 9.36 Å². The summed E-state index contributed by atoms with van der Waals surface area (Å²) in [6, 6.07) is 5.56. The van der Waals surface area contributed by atoms with E-state index in [1.165, 1.54) is 0 Å². The fraction of sp³-hybridized carbons (Fsp3) is 0.579. The van der Waals surface area contributed by atoms with Crippen molar-refractivity contribution in [2.24, 2.45) is 5.92 Å². The summed E-state index contributed by atoms with van der Waals surface area (Å²) >= 11 is 0. The molecule has 2 aromatic rings. The lowest BCUT2D eigenvalue weighted by Crippen LogP contribution is -2.39. The van der Waals surface area contributed by atoms with E-state index >= 15 is 0 Å². The number of rotatable bonds is 6. The van der Waals surface area contributed by atoms with Crippen molar-refractivity contribution in [2.75, 3.05) is 6.61 Å². The molecule has 0 aliphatic heterocycles. The van der Waals surface area contributed by atoms with Crippen LogP contribution in [0.4, 0.5) is 0 Å². The number of aliphatic hydroxyl groups is 1. The first-order chi connectivity index (χ1) is 12.0. The van der Waals surface area contributed by atoms with Crippen molar-refractivity contribution in [3.05, 3.63) is 34.2 Å². The van der Waals surface area contributed by atoms with Gasteiger partial charge in [0.2, 0.25) is 0 Å². The Balaban J connectivity index is 1.86. The van der Waals surface area contributed by atoms with E-state index in [1.807, 2.05) is 24.5 Å². The van der Waals surface area contributed by atoms with Crippen molar-refractivity contribution >= 4 is 16.9 Å². The van der Waals surface area contributed by atoms with E-state index < -0.39 is 0 Å². The molecule has 0 saturated heterocycles. The Labute approximate surface area is 147 Å². The Hall–Kier alpha value is -2.08. The summed E-state index contributed by atoms with van der Waals surface area (Å²) in [5, 5.41) is 12.1. The lowest BCUT2D eigenvalue weighted by atomic mass is 10.0. The van der Waals surface area contributed by atoms with Crippen LogP contribution < -0.4 is 11.0 Å². The number of carbonyl (C=O) groups is 1. The highest BCUT2D eigenvalue weighted by Crippen LogP contribution is 2.30. The molecule has 0 spiro atoms. The van der Waals surface area contributed by atoms with Crippen LogP contribution in [0.2, 0.25) is 0 Å². The molecule has 1 unspecified atom stereocenters. The Morgan fingerprint density at radius 2 is 2.08 bits per heavy atom. The number of aromatic nitrogens is 2. The number of hydrogen-bond donors (Lipinski definition) is 3. The van der Waals surface area contributed by atoms with Crippen LogP contribution in [0.1, 0.15) is 62.4 Å². The van der Waals surface area contributed by atoms with Crippen LogP contribution in [0.3, 0.4) is 0 Å². The summed E-state index contributed by atoms with van der Waals surface area (Å²) in [7, 11) is 0. The van der Waals surface area contributed by atoms with Crippen LogP contribution in [-0.2, 0) is 0 Å². The minimum absolute atomic E-state index is 0.0414. The number of nitrogens with zero attached hydrogens (tertiary/aromatic N) is 1. The molecule has 3 rings (SSSR count). The summed E-state index contributed by atoms with van der Waals surface area (Å²) in [5.74, 6) is 0.0617. The van der Waals surface area contributed by atoms with E-state index in [0.29, 0.717) is 17.5 Å². The lowest BCUT2D eigenvalue weighted by Gasteiger charge is -2.21. The number of H-pyrrole nitrogens is 1. The third-order valence-corrected chi connectivity index (χ3v) is 5.23. The maximum atomic E-state index is 12.5. The fourth-order valence-electron chi connectivity index (χ4n) is 3.76. The van der Waals surface area contributed by atoms with Crippen LogP contribution in [0.15, 0.2) is 23.0 Å². The highest BCUT2D eigenvalue weighted by atomic mass is 16.3. The SMILES string of the molecule is CC(C)C(CCO)NC(=O)c1ccc2c(c1)[nH]c(=O)n2C1CCCC1. The van der Waals surface area contributed by atoms with Crippen LogP contribution in [0.5, 0.6) is 0 Å². The first-order valence-corrected chi connectivity index (χ1v) is 9.17. The zero-order valence-corrected chi connectivity index (χ0v) is 14.9. The van der Waals surface area contributed by atoms with Gasteiger partial charge >= 0.3 is 5.69 Å². The second-order valence-corrected chi connectivity index (χ2v) is 7.31. The number of carbonyl (C=O) groups excluding carboxylic acids is 1. The van der Waals surface area contributed by atoms with Crippen LogP contribution in [0, 0.1) is 5.92 Å². The maximum Gasteiger partial charge on any atom is 0.326 e. The smallest absolute Gasteiger partial charge is 0.326 e. The molecule has 1 aromatic heterocycles. The van der Waals surface area contributed by atoms with Gasteiger partial charge in [-0.2, -0.15) is 0 Å². The Bertz CT molecular complexity index is 800. The van der Waals surface area contributed by atoms with Gasteiger partial charge in [-0.25, -0.2) is 4.79 Å². The number of nitrogens with one attached hydrogen (secondary N) is 2. The summed E-state index contributed by atoms with van der Waals surface area (Å²) in [6.45, 7) is 4.08. The molecule has 0 bridgehead atoms. The molecule has 1 fully saturated rings. The Morgan fingerprint density at radius 1 is 1.36 bits per heavy atom. The molecule has 136 valence electrons. The normalized spacial score (nSPS) is 16.6. The van der Waals surface area contributed by atoms with E-state index in [-0.39, 0.29) is 36.2 Å². The number of aromatic amines is 1. The van der Waals surface area contributed by atoms with Crippen molar-refractivity contribution in [1.29, 1.82) is 0 Å². The van der Waals surface area contributed by atoms with Crippen LogP contribution >= 0.6 is 0 Å². The Kier molecular flexibility index (Phi) is 5.27. The quantitative estimate of drug-likeness (QED) is 0.752. The largest absolute Gasteiger partial charge is 0.396 e. The summed E-state index contributed by atoms with van der Waals surface area (Å²) in [4.78, 5) is 27.8. The van der Waals surface area contributed by atoms with Crippen molar-refractivity contribution in [1.82, 2.24) is 14.9 Å². The molecule has 1 heterocycles. The highest BCUT2D eigenvalue weighted by molar-refractivity contribution is 5.97. The van der Waals surface area contributed by atoms with Crippen molar-refractivity contribution in [3.63, 3.8) is 0 Å². The molecule has 6 heteroatoms. The molecular formula is C19H27N3O3. The molecule has 0 radical (unpaired) electrons. The topological polar surface area (TPSA) is 87.1 Å². The standard InChI is InChI=1S/C19H27N3O3/c1-12(2)15(9-10-23)20-18(24)13-7-8-17-16(11-13)21-19(25)22(17)14-5-3-4-6-14/h7-8,11-12,14-15,23H,3-6,9-10H2,1-2H3,(H,20,24)(H,21,25). The number of benzene rings is 1. The second-order valence-electron chi connectivity index (χ2n) is 7.31. The maximum absolute atomic E-state index is 12.5. The van der Waals surface area contributed by atoms with E-state index in [1.54, 1.807) is 12.1 Å². The number of aliphatic hydroxyl groups excluding tert-OH is 1. The van der Waals surface area contributed by atoms with Gasteiger partial charge in [0.15, 0.2) is 0 Å². The van der Waals surface area contributed by atoms with Crippen molar-refractivity contribution in [3.8, 4) is 0 Å². The first kappa shape index (κ1) is 17.7. The van der Waals surface area contributed by atoms with E-state index in [4.69, 9.17) is 5.11 Å². The summed E-state index contributed by atoms with van der Waals surface area (Å²) in [6.07, 6.45) is 4.91. The van der Waals surface area contributed by atoms with Gasteiger partial charge in [0, 0.05) is 24.3 Å². The molecule has 1 aromatic carbocycles. The molecule has 1 aliphatic rings. The second kappa shape index (κ2) is 7.44. The van der Waals surface area contributed by atoms with Gasteiger partial charge in [-0.1, -0.05) is 26.7 Å². The Morgan fingerprint density at radius 3 is 2.72 bits per heavy atom. The zero-order valence-electron chi connectivity index (χ0n) is 14.9. The molecule has 6 nitrogen and oxygen atoms in total. The summed E-state index contributed by atoms with van der Waals surface area (Å²) in [5.41, 5.74) is 1.99. The fourth-order valence-corrected chi connectivity index (χ4v) is 3.76. The van der Waals surface area contributed by atoms with E-state index in [0.717, 1.165) is 31.2 Å². The van der Waals surface area contributed by atoms with Crippen molar-refractivity contribution < 1.29 is 9.90 Å². The predicted octanol–water partition coefficient (Wildman–Crippen LogP) is 2.58. The molecule has 1 aliphatic carbocycles. The zero-order chi connectivity index (χ0) is 18.0. The molecule has 1 saturated carbocycles. The number of amides is 1. The third-order valence-electron chi connectivity index (χ3n) is 5.23. The first-order valence-electron chi connectivity index (χ1n) is 9.17. The van der Waals surface area contributed by atoms with Crippen LogP contribution in [-0.4, -0.2) is 33.2 Å². The average Bonchev–Trinajstić information content (AvgIpc) is 3.19. The van der Waals surface area contributed by atoms with Gasteiger partial charge < -0.3 is 15.4 Å². The van der Waals surface area contributed by atoms with Gasteiger partial charge in [0.1, 0.15) is 0 Å². The van der Waals surface area contributed by atoms with Gasteiger partial charge in [-0.15, -0.1) is 0 Å². The number of fused-ring (bicyclic) bond motifs is 1. The molecule has 25 heavy (non-hydrogen) atoms. The monoisotopic (exact) mass is 345 g/mol. The lowest BCUT2D eigenvalue weighted by molar-refractivity contribution is 0.0916. The summed E-state index contributed by atoms with van der Waals surface area (Å²) < 4.78 is 1.84. The van der Waals surface area contributed by atoms with Crippen molar-refractivity contribution in [2.45, 2.75) is 58.0 Å². The van der Waals surface area contributed by atoms with E-state index in [2.05, 4.69) is 10.3 Å². The van der Waals surface area contributed by atoms with Gasteiger partial charge in [0.25, 0.3) is 5.91 Å². The number of hydrogen-bond acceptors (Lipinski definition) is 3. The molecule has 1 atom stereocenters. The van der Waals surface area contributed by atoms with Gasteiger partial charge in [0.05, 0.1) is 11.0 Å². The number of imidazole rings is 1.